The molecule has 0 aliphatic heterocycles. The first-order valence-corrected chi connectivity index (χ1v) is 3.72. The highest BCUT2D eigenvalue weighted by Crippen LogP contribution is 2.34. The normalized spacial score (nSPS) is 18.1. The quantitative estimate of drug-likeness (QED) is 0.516. The fourth-order valence-corrected chi connectivity index (χ4v) is 1.47. The third-order valence-corrected chi connectivity index (χ3v) is 2.66. The lowest BCUT2D eigenvalue weighted by atomic mass is 9.97. The molecule has 0 spiro atoms. The molecule has 0 N–H and O–H groups in total. The van der Waals surface area contributed by atoms with Crippen LogP contribution in [0.2, 0.25) is 0 Å². The van der Waals surface area contributed by atoms with E-state index in [2.05, 4.69) is 22.6 Å². The molecule has 0 aromatic carbocycles. The van der Waals surface area contributed by atoms with Crippen LogP contribution in [0.5, 0.6) is 0 Å². The molecule has 0 aromatic rings. The zero-order valence-corrected chi connectivity index (χ0v) is 6.64. The first kappa shape index (κ1) is 6.26. The van der Waals surface area contributed by atoms with Crippen LogP contribution in [0.15, 0.2) is 9.15 Å². The maximum Gasteiger partial charge on any atom is 0.124 e. The summed E-state index contributed by atoms with van der Waals surface area (Å²) < 4.78 is 1.40. The van der Waals surface area contributed by atoms with Crippen LogP contribution in [-0.4, -0.2) is 6.29 Å². The van der Waals surface area contributed by atoms with Crippen LogP contribution in [0.4, 0.5) is 0 Å². The predicted octanol–water partition coefficient (Wildman–Crippen LogP) is 2.06. The van der Waals surface area contributed by atoms with Crippen LogP contribution < -0.4 is 0 Å². The minimum atomic E-state index is 0.665. The van der Waals surface area contributed by atoms with Crippen molar-refractivity contribution < 1.29 is 4.79 Å². The maximum absolute atomic E-state index is 9.92. The van der Waals surface area contributed by atoms with Gasteiger partial charge in [0.25, 0.3) is 0 Å². The summed E-state index contributed by atoms with van der Waals surface area (Å²) in [5, 5.41) is 0. The van der Waals surface area contributed by atoms with Crippen LogP contribution in [-0.2, 0) is 4.79 Å². The molecular weight excluding hydrogens is 215 g/mol. The molecular formula is C6H7IO. The minimum absolute atomic E-state index is 0.665. The van der Waals surface area contributed by atoms with Crippen molar-refractivity contribution in [1.82, 2.24) is 0 Å². The summed E-state index contributed by atoms with van der Waals surface area (Å²) in [6, 6.07) is 0. The molecule has 1 aliphatic rings. The Morgan fingerprint density at radius 2 is 2.38 bits per heavy atom. The molecule has 0 amide bonds. The van der Waals surface area contributed by atoms with Crippen LogP contribution in [0.3, 0.4) is 0 Å². The molecule has 0 radical (unpaired) electrons. The number of hydrogen-bond acceptors (Lipinski definition) is 1. The van der Waals surface area contributed by atoms with Crippen molar-refractivity contribution in [2.75, 3.05) is 0 Å². The lowest BCUT2D eigenvalue weighted by Gasteiger charge is -2.16. The van der Waals surface area contributed by atoms with Gasteiger partial charge >= 0.3 is 0 Å². The molecule has 0 saturated heterocycles. The topological polar surface area (TPSA) is 17.1 Å². The van der Waals surface area contributed by atoms with Gasteiger partial charge in [-0.3, -0.25) is 0 Å². The van der Waals surface area contributed by atoms with Crippen molar-refractivity contribution in [2.45, 2.75) is 19.3 Å². The van der Waals surface area contributed by atoms with Gasteiger partial charge in [-0.15, -0.1) is 0 Å². The highest BCUT2D eigenvalue weighted by atomic mass is 127. The average Bonchev–Trinajstić information content (AvgIpc) is 1.79. The molecule has 0 atom stereocenters. The first-order valence-electron chi connectivity index (χ1n) is 2.64. The molecule has 1 aliphatic carbocycles. The summed E-state index contributed by atoms with van der Waals surface area (Å²) >= 11 is 2.30. The van der Waals surface area contributed by atoms with Crippen molar-refractivity contribution >= 4 is 28.9 Å². The third-order valence-electron chi connectivity index (χ3n) is 1.36. The summed E-state index contributed by atoms with van der Waals surface area (Å²) in [7, 11) is 0. The van der Waals surface area contributed by atoms with E-state index in [1.165, 1.54) is 15.6 Å². The average molecular weight is 222 g/mol. The molecule has 2 heteroatoms. The molecule has 0 fully saturated rings. The van der Waals surface area contributed by atoms with Crippen LogP contribution in [0.1, 0.15) is 19.3 Å². The van der Waals surface area contributed by atoms with Crippen molar-refractivity contribution in [2.24, 2.45) is 0 Å². The second-order valence-electron chi connectivity index (χ2n) is 1.88. The van der Waals surface area contributed by atoms with Gasteiger partial charge in [-0.1, -0.05) is 5.57 Å². The molecule has 44 valence electrons. The lowest BCUT2D eigenvalue weighted by Crippen LogP contribution is -1.98. The standard InChI is InChI=1S/C6H7IO/c7-6-2-1-5(6)3-4-8/h4H,1-3H2. The number of hydrogen-bond donors (Lipinski definition) is 0. The van der Waals surface area contributed by atoms with Crippen LogP contribution >= 0.6 is 22.6 Å². The van der Waals surface area contributed by atoms with Crippen molar-refractivity contribution in [3.05, 3.63) is 9.15 Å². The van der Waals surface area contributed by atoms with Crippen LogP contribution in [0, 0.1) is 0 Å². The van der Waals surface area contributed by atoms with E-state index in [1.807, 2.05) is 0 Å². The van der Waals surface area contributed by atoms with Gasteiger partial charge in [-0.25, -0.2) is 0 Å². The number of carbonyl (C=O) groups excluding carboxylic acids is 1. The summed E-state index contributed by atoms with van der Waals surface area (Å²) in [6.45, 7) is 0. The maximum atomic E-state index is 9.92. The molecule has 0 aromatic heterocycles. The van der Waals surface area contributed by atoms with Crippen molar-refractivity contribution in [3.8, 4) is 0 Å². The van der Waals surface area contributed by atoms with Crippen molar-refractivity contribution in [1.29, 1.82) is 0 Å². The number of aldehydes is 1. The van der Waals surface area contributed by atoms with E-state index in [9.17, 15) is 4.79 Å². The highest BCUT2D eigenvalue weighted by molar-refractivity contribution is 14.1. The van der Waals surface area contributed by atoms with Gasteiger partial charge in [-0.05, 0) is 39.0 Å². The SMILES string of the molecule is O=CCC1=C(I)CC1. The number of halogens is 1. The second-order valence-corrected chi connectivity index (χ2v) is 3.18. The van der Waals surface area contributed by atoms with Crippen molar-refractivity contribution in [3.63, 3.8) is 0 Å². The Kier molecular flexibility index (Phi) is 2.05. The molecule has 8 heavy (non-hydrogen) atoms. The largest absolute Gasteiger partial charge is 0.303 e. The zero-order valence-electron chi connectivity index (χ0n) is 4.48. The molecule has 1 nitrogen and oxygen atoms in total. The molecule has 1 rings (SSSR count). The number of allylic oxidation sites excluding steroid dienone is 2. The Bertz CT molecular complexity index is 137. The molecule has 0 unspecified atom stereocenters. The van der Waals surface area contributed by atoms with E-state index in [0.29, 0.717) is 6.42 Å². The van der Waals surface area contributed by atoms with E-state index in [-0.39, 0.29) is 0 Å². The van der Waals surface area contributed by atoms with Gasteiger partial charge in [0, 0.05) is 6.42 Å². The van der Waals surface area contributed by atoms with E-state index in [4.69, 9.17) is 0 Å². The Morgan fingerprint density at radius 3 is 2.50 bits per heavy atom. The zero-order chi connectivity index (χ0) is 5.98. The number of carbonyl (C=O) groups is 1. The Balaban J connectivity index is 2.46. The van der Waals surface area contributed by atoms with Gasteiger partial charge in [0.2, 0.25) is 0 Å². The summed E-state index contributed by atoms with van der Waals surface area (Å²) in [4.78, 5) is 9.92. The van der Waals surface area contributed by atoms with E-state index in [1.54, 1.807) is 0 Å². The fraction of sp³-hybridized carbons (Fsp3) is 0.500. The van der Waals surface area contributed by atoms with E-state index < -0.39 is 0 Å². The second kappa shape index (κ2) is 2.62. The lowest BCUT2D eigenvalue weighted by molar-refractivity contribution is -0.107. The van der Waals surface area contributed by atoms with E-state index in [0.717, 1.165) is 12.7 Å². The van der Waals surface area contributed by atoms with Gasteiger partial charge in [-0.2, -0.15) is 0 Å². The van der Waals surface area contributed by atoms with Gasteiger partial charge < -0.3 is 4.79 Å². The highest BCUT2D eigenvalue weighted by Gasteiger charge is 2.12. The molecule has 0 saturated carbocycles. The third kappa shape index (κ3) is 1.10. The Morgan fingerprint density at radius 1 is 1.62 bits per heavy atom. The monoisotopic (exact) mass is 222 g/mol. The summed E-state index contributed by atoms with van der Waals surface area (Å²) in [6.07, 6.45) is 3.99. The molecule has 0 heterocycles. The predicted molar refractivity (Wildman–Crippen MR) is 41.0 cm³/mol. The summed E-state index contributed by atoms with van der Waals surface area (Å²) in [5.41, 5.74) is 1.35. The van der Waals surface area contributed by atoms with Crippen LogP contribution in [0.25, 0.3) is 0 Å². The minimum Gasteiger partial charge on any atom is -0.303 e. The molecule has 0 bridgehead atoms. The first-order chi connectivity index (χ1) is 3.84. The fourth-order valence-electron chi connectivity index (χ4n) is 0.710. The smallest absolute Gasteiger partial charge is 0.124 e. The Labute approximate surface area is 62.3 Å². The van der Waals surface area contributed by atoms with Gasteiger partial charge in [0.15, 0.2) is 0 Å². The summed E-state index contributed by atoms with van der Waals surface area (Å²) in [5.74, 6) is 0. The number of rotatable bonds is 2. The Hall–Kier alpha value is 0.140. The van der Waals surface area contributed by atoms with Gasteiger partial charge in [0.1, 0.15) is 6.29 Å². The van der Waals surface area contributed by atoms with E-state index >= 15 is 0 Å². The van der Waals surface area contributed by atoms with Gasteiger partial charge in [0.05, 0.1) is 0 Å².